The van der Waals surface area contributed by atoms with Crippen LogP contribution in [-0.2, 0) is 6.54 Å². The normalized spacial score (nSPS) is 21.2. The van der Waals surface area contributed by atoms with E-state index in [1.165, 1.54) is 12.5 Å². The largest absolute Gasteiger partial charge is 0.478 e. The van der Waals surface area contributed by atoms with E-state index in [9.17, 15) is 9.90 Å². The summed E-state index contributed by atoms with van der Waals surface area (Å²) >= 11 is 0. The Balaban J connectivity index is 2.12. The van der Waals surface area contributed by atoms with Crippen LogP contribution in [0, 0.1) is 0 Å². The Morgan fingerprint density at radius 1 is 1.62 bits per heavy atom. The van der Waals surface area contributed by atoms with Crippen LogP contribution < -0.4 is 0 Å². The van der Waals surface area contributed by atoms with Crippen LogP contribution >= 0.6 is 0 Å². The maximum absolute atomic E-state index is 10.9. The maximum Gasteiger partial charge on any atom is 0.339 e. The van der Waals surface area contributed by atoms with Gasteiger partial charge in [0.2, 0.25) is 0 Å². The predicted octanol–water partition coefficient (Wildman–Crippen LogP) is -0.259. The SMILES string of the molecule is O=C(O)c1cncnc1CN1CCC(O)C1. The Hall–Kier alpha value is -1.53. The first-order chi connectivity index (χ1) is 7.66. The van der Waals surface area contributed by atoms with Crippen molar-refractivity contribution in [3.8, 4) is 0 Å². The van der Waals surface area contributed by atoms with Crippen molar-refractivity contribution in [1.82, 2.24) is 14.9 Å². The first-order valence-electron chi connectivity index (χ1n) is 5.09. The van der Waals surface area contributed by atoms with Crippen LogP contribution in [0.1, 0.15) is 22.5 Å². The van der Waals surface area contributed by atoms with E-state index in [0.717, 1.165) is 13.0 Å². The smallest absolute Gasteiger partial charge is 0.339 e. The van der Waals surface area contributed by atoms with E-state index in [0.29, 0.717) is 18.8 Å². The minimum absolute atomic E-state index is 0.129. The minimum atomic E-state index is -1.02. The molecule has 16 heavy (non-hydrogen) atoms. The lowest BCUT2D eigenvalue weighted by Crippen LogP contribution is -2.23. The molecule has 1 saturated heterocycles. The number of aromatic nitrogens is 2. The first kappa shape index (κ1) is 11.0. The number of aliphatic hydroxyl groups is 1. The quantitative estimate of drug-likeness (QED) is 0.734. The standard InChI is InChI=1S/C10H13N3O3/c14-7-1-2-13(4-7)5-9-8(10(15)16)3-11-6-12-9/h3,6-7,14H,1-2,4-5H2,(H,15,16). The number of carbonyl (C=O) groups is 1. The van der Waals surface area contributed by atoms with E-state index in [-0.39, 0.29) is 11.7 Å². The molecule has 0 radical (unpaired) electrons. The van der Waals surface area contributed by atoms with E-state index < -0.39 is 5.97 Å². The summed E-state index contributed by atoms with van der Waals surface area (Å²) in [4.78, 5) is 20.6. The first-order valence-corrected chi connectivity index (χ1v) is 5.09. The van der Waals surface area contributed by atoms with Gasteiger partial charge in [-0.2, -0.15) is 0 Å². The summed E-state index contributed by atoms with van der Waals surface area (Å²) in [5.41, 5.74) is 0.625. The van der Waals surface area contributed by atoms with Crippen molar-refractivity contribution in [2.75, 3.05) is 13.1 Å². The molecule has 6 heteroatoms. The van der Waals surface area contributed by atoms with Gasteiger partial charge < -0.3 is 10.2 Å². The molecule has 86 valence electrons. The Morgan fingerprint density at radius 3 is 3.06 bits per heavy atom. The fraction of sp³-hybridized carbons (Fsp3) is 0.500. The average Bonchev–Trinajstić information content (AvgIpc) is 2.64. The van der Waals surface area contributed by atoms with Crippen LogP contribution in [0.4, 0.5) is 0 Å². The molecule has 1 aliphatic heterocycles. The van der Waals surface area contributed by atoms with Crippen molar-refractivity contribution in [3.63, 3.8) is 0 Å². The lowest BCUT2D eigenvalue weighted by molar-refractivity contribution is 0.0693. The number of β-amino-alcohol motifs (C(OH)–C–C–N with tert-alkyl or cyclic N) is 1. The van der Waals surface area contributed by atoms with Crippen molar-refractivity contribution >= 4 is 5.97 Å². The number of nitrogens with zero attached hydrogens (tertiary/aromatic N) is 3. The van der Waals surface area contributed by atoms with Gasteiger partial charge in [0.1, 0.15) is 11.9 Å². The summed E-state index contributed by atoms with van der Waals surface area (Å²) in [6.07, 6.45) is 3.06. The molecule has 1 fully saturated rings. The van der Waals surface area contributed by atoms with Crippen molar-refractivity contribution in [2.24, 2.45) is 0 Å². The highest BCUT2D eigenvalue weighted by molar-refractivity contribution is 5.88. The monoisotopic (exact) mass is 223 g/mol. The number of carboxylic acids is 1. The summed E-state index contributed by atoms with van der Waals surface area (Å²) in [6, 6.07) is 0. The summed E-state index contributed by atoms with van der Waals surface area (Å²) in [6.45, 7) is 1.79. The minimum Gasteiger partial charge on any atom is -0.478 e. The Morgan fingerprint density at radius 2 is 2.44 bits per heavy atom. The van der Waals surface area contributed by atoms with Gasteiger partial charge in [0.15, 0.2) is 0 Å². The van der Waals surface area contributed by atoms with Crippen molar-refractivity contribution < 1.29 is 15.0 Å². The van der Waals surface area contributed by atoms with E-state index in [1.54, 1.807) is 0 Å². The molecular formula is C10H13N3O3. The Bertz CT molecular complexity index is 397. The maximum atomic E-state index is 10.9. The number of hydrogen-bond donors (Lipinski definition) is 2. The van der Waals surface area contributed by atoms with E-state index in [4.69, 9.17) is 5.11 Å². The van der Waals surface area contributed by atoms with Gasteiger partial charge in [0, 0.05) is 25.8 Å². The van der Waals surface area contributed by atoms with Crippen LogP contribution in [0.25, 0.3) is 0 Å². The number of likely N-dealkylation sites (tertiary alicyclic amines) is 1. The highest BCUT2D eigenvalue weighted by atomic mass is 16.4. The van der Waals surface area contributed by atoms with Crippen LogP contribution in [-0.4, -0.2) is 50.2 Å². The van der Waals surface area contributed by atoms with E-state index in [1.807, 2.05) is 4.90 Å². The summed E-state index contributed by atoms with van der Waals surface area (Å²) < 4.78 is 0. The molecule has 2 heterocycles. The molecule has 1 aliphatic rings. The summed E-state index contributed by atoms with van der Waals surface area (Å²) in [7, 11) is 0. The van der Waals surface area contributed by atoms with Gasteiger partial charge in [-0.15, -0.1) is 0 Å². The molecule has 0 spiro atoms. The molecule has 2 N–H and O–H groups in total. The van der Waals surface area contributed by atoms with Crippen LogP contribution in [0.3, 0.4) is 0 Å². The highest BCUT2D eigenvalue weighted by Crippen LogP contribution is 2.14. The molecule has 0 amide bonds. The lowest BCUT2D eigenvalue weighted by atomic mass is 10.2. The molecule has 6 nitrogen and oxygen atoms in total. The molecule has 1 aromatic heterocycles. The molecule has 0 aliphatic carbocycles. The molecule has 1 unspecified atom stereocenters. The topological polar surface area (TPSA) is 86.5 Å². The third-order valence-electron chi connectivity index (χ3n) is 2.65. The number of aromatic carboxylic acids is 1. The Kier molecular flexibility index (Phi) is 3.12. The highest BCUT2D eigenvalue weighted by Gasteiger charge is 2.22. The molecule has 0 aromatic carbocycles. The second-order valence-corrected chi connectivity index (χ2v) is 3.87. The molecule has 1 atom stereocenters. The second kappa shape index (κ2) is 4.54. The van der Waals surface area contributed by atoms with E-state index in [2.05, 4.69) is 9.97 Å². The zero-order valence-corrected chi connectivity index (χ0v) is 8.70. The zero-order chi connectivity index (χ0) is 11.5. The molecule has 0 bridgehead atoms. The zero-order valence-electron chi connectivity index (χ0n) is 8.70. The molecular weight excluding hydrogens is 210 g/mol. The third-order valence-corrected chi connectivity index (χ3v) is 2.65. The number of carboxylic acid groups (broad SMARTS) is 1. The average molecular weight is 223 g/mol. The third kappa shape index (κ3) is 2.34. The van der Waals surface area contributed by atoms with Crippen molar-refractivity contribution in [2.45, 2.75) is 19.1 Å². The number of hydrogen-bond acceptors (Lipinski definition) is 5. The summed E-state index contributed by atoms with van der Waals surface area (Å²) in [5, 5.41) is 18.3. The molecule has 1 aromatic rings. The fourth-order valence-electron chi connectivity index (χ4n) is 1.83. The van der Waals surface area contributed by atoms with Gasteiger partial charge in [-0.25, -0.2) is 14.8 Å². The van der Waals surface area contributed by atoms with Crippen LogP contribution in [0.15, 0.2) is 12.5 Å². The number of aliphatic hydroxyl groups excluding tert-OH is 1. The van der Waals surface area contributed by atoms with Crippen molar-refractivity contribution in [3.05, 3.63) is 23.8 Å². The van der Waals surface area contributed by atoms with Crippen LogP contribution in [0.2, 0.25) is 0 Å². The van der Waals surface area contributed by atoms with Crippen molar-refractivity contribution in [1.29, 1.82) is 0 Å². The van der Waals surface area contributed by atoms with Gasteiger partial charge in [-0.1, -0.05) is 0 Å². The number of rotatable bonds is 3. The lowest BCUT2D eigenvalue weighted by Gasteiger charge is -2.14. The van der Waals surface area contributed by atoms with Gasteiger partial charge in [0.25, 0.3) is 0 Å². The van der Waals surface area contributed by atoms with Gasteiger partial charge >= 0.3 is 5.97 Å². The van der Waals surface area contributed by atoms with Gasteiger partial charge in [0.05, 0.1) is 11.8 Å². The van der Waals surface area contributed by atoms with Gasteiger partial charge in [-0.05, 0) is 6.42 Å². The van der Waals surface area contributed by atoms with Crippen LogP contribution in [0.5, 0.6) is 0 Å². The Labute approximate surface area is 92.6 Å². The van der Waals surface area contributed by atoms with Gasteiger partial charge in [-0.3, -0.25) is 4.90 Å². The van der Waals surface area contributed by atoms with E-state index >= 15 is 0 Å². The molecule has 0 saturated carbocycles. The summed E-state index contributed by atoms with van der Waals surface area (Å²) in [5.74, 6) is -1.02. The predicted molar refractivity (Wildman–Crippen MR) is 54.9 cm³/mol. The second-order valence-electron chi connectivity index (χ2n) is 3.87. The molecule has 2 rings (SSSR count). The fourth-order valence-corrected chi connectivity index (χ4v) is 1.83.